The molecule has 1 aromatic heterocycles. The monoisotopic (exact) mass is 465 g/mol. The average molecular weight is 465 g/mol. The zero-order valence-electron chi connectivity index (χ0n) is 18.4. The zero-order valence-corrected chi connectivity index (χ0v) is 18.4. The van der Waals surface area contributed by atoms with Crippen molar-refractivity contribution in [1.29, 1.82) is 0 Å². The predicted molar refractivity (Wildman–Crippen MR) is 120 cm³/mol. The van der Waals surface area contributed by atoms with Gasteiger partial charge in [0.1, 0.15) is 12.3 Å². The number of aromatic nitrogens is 2. The molecule has 0 unspecified atom stereocenters. The van der Waals surface area contributed by atoms with Gasteiger partial charge < -0.3 is 26.0 Å². The van der Waals surface area contributed by atoms with Crippen LogP contribution in [0.1, 0.15) is 19.4 Å². The van der Waals surface area contributed by atoms with E-state index < -0.39 is 12.4 Å². The molecule has 0 aliphatic carbocycles. The van der Waals surface area contributed by atoms with Crippen LogP contribution in [0.4, 0.5) is 24.9 Å². The van der Waals surface area contributed by atoms with Crippen molar-refractivity contribution in [3.05, 3.63) is 53.7 Å². The first kappa shape index (κ1) is 25.4. The van der Waals surface area contributed by atoms with Gasteiger partial charge in [0, 0.05) is 32.0 Å². The number of aliphatic imine (C=N–C) groups is 1. The summed E-state index contributed by atoms with van der Waals surface area (Å²) in [6, 6.07) is 6.04. The first-order valence-corrected chi connectivity index (χ1v) is 9.94. The number of alkyl halides is 2. The number of benzene rings is 1. The summed E-state index contributed by atoms with van der Waals surface area (Å²) in [5.41, 5.74) is 6.45. The van der Waals surface area contributed by atoms with Crippen molar-refractivity contribution in [2.24, 2.45) is 10.7 Å². The smallest absolute Gasteiger partial charge is 0.387 e. The highest BCUT2D eigenvalue weighted by Crippen LogP contribution is 2.18. The molecule has 12 heteroatoms. The zero-order chi connectivity index (χ0) is 24.4. The van der Waals surface area contributed by atoms with Crippen molar-refractivity contribution in [2.75, 3.05) is 24.2 Å². The Hall–Kier alpha value is -3.83. The van der Waals surface area contributed by atoms with Gasteiger partial charge in [-0.15, -0.1) is 0 Å². The first-order chi connectivity index (χ1) is 15.7. The van der Waals surface area contributed by atoms with Gasteiger partial charge in [-0.3, -0.25) is 9.79 Å². The summed E-state index contributed by atoms with van der Waals surface area (Å²) < 4.78 is 43.2. The molecule has 0 spiro atoms. The predicted octanol–water partition coefficient (Wildman–Crippen LogP) is 2.98. The topological polar surface area (TPSA) is 118 Å². The maximum Gasteiger partial charge on any atom is 0.387 e. The summed E-state index contributed by atoms with van der Waals surface area (Å²) >= 11 is 0. The third-order valence-corrected chi connectivity index (χ3v) is 4.39. The lowest BCUT2D eigenvalue weighted by Crippen LogP contribution is -2.34. The van der Waals surface area contributed by atoms with Gasteiger partial charge in [-0.1, -0.05) is 12.1 Å². The van der Waals surface area contributed by atoms with E-state index in [-0.39, 0.29) is 42.6 Å². The molecule has 4 N–H and O–H groups in total. The SMILES string of the molecule is CC(C)N(C)C(=O)CN=CC(=CN)Nc1ncc(F)c(NCc2cccc(OC(F)F)c2)n1. The van der Waals surface area contributed by atoms with Crippen molar-refractivity contribution in [2.45, 2.75) is 33.0 Å². The number of nitrogens with one attached hydrogen (secondary N) is 2. The fourth-order valence-corrected chi connectivity index (χ4v) is 2.44. The molecule has 2 rings (SSSR count). The van der Waals surface area contributed by atoms with E-state index in [2.05, 4.69) is 30.3 Å². The molecule has 0 saturated carbocycles. The number of amides is 1. The van der Waals surface area contributed by atoms with Crippen molar-refractivity contribution in [3.63, 3.8) is 0 Å². The van der Waals surface area contributed by atoms with Crippen LogP contribution < -0.4 is 21.1 Å². The number of hydrogen-bond acceptors (Lipinski definition) is 8. The number of hydrogen-bond donors (Lipinski definition) is 3. The largest absolute Gasteiger partial charge is 0.435 e. The molecule has 1 amide bonds. The number of nitrogens with zero attached hydrogens (tertiary/aromatic N) is 4. The molecule has 1 heterocycles. The van der Waals surface area contributed by atoms with Crippen molar-refractivity contribution in [3.8, 4) is 5.75 Å². The number of carbonyl (C=O) groups is 1. The van der Waals surface area contributed by atoms with E-state index in [1.165, 1.54) is 24.5 Å². The molecule has 33 heavy (non-hydrogen) atoms. The molecule has 0 fully saturated rings. The van der Waals surface area contributed by atoms with Gasteiger partial charge in [-0.25, -0.2) is 9.37 Å². The van der Waals surface area contributed by atoms with E-state index >= 15 is 0 Å². The molecule has 1 aromatic carbocycles. The Balaban J connectivity index is 2.01. The lowest BCUT2D eigenvalue weighted by Gasteiger charge is -2.20. The summed E-state index contributed by atoms with van der Waals surface area (Å²) in [4.78, 5) is 25.5. The normalized spacial score (nSPS) is 11.8. The Morgan fingerprint density at radius 1 is 1.36 bits per heavy atom. The molecule has 178 valence electrons. The minimum absolute atomic E-state index is 0.00935. The van der Waals surface area contributed by atoms with Crippen molar-refractivity contribution >= 4 is 23.9 Å². The third kappa shape index (κ3) is 8.31. The number of ether oxygens (including phenoxy) is 1. The summed E-state index contributed by atoms with van der Waals surface area (Å²) in [5, 5.41) is 5.56. The molecule has 0 aliphatic rings. The minimum atomic E-state index is -2.94. The maximum absolute atomic E-state index is 14.1. The number of nitrogens with two attached hydrogens (primary N) is 1. The molecule has 0 atom stereocenters. The van der Waals surface area contributed by atoms with E-state index in [0.29, 0.717) is 11.3 Å². The minimum Gasteiger partial charge on any atom is -0.435 e. The van der Waals surface area contributed by atoms with Crippen LogP contribution in [-0.2, 0) is 11.3 Å². The highest BCUT2D eigenvalue weighted by molar-refractivity contribution is 5.85. The second kappa shape index (κ2) is 12.3. The summed E-state index contributed by atoms with van der Waals surface area (Å²) in [5.74, 6) is -0.970. The highest BCUT2D eigenvalue weighted by atomic mass is 19.3. The van der Waals surface area contributed by atoms with E-state index in [9.17, 15) is 18.0 Å². The van der Waals surface area contributed by atoms with Gasteiger partial charge in [0.25, 0.3) is 0 Å². The van der Waals surface area contributed by atoms with Crippen LogP contribution in [0.3, 0.4) is 0 Å². The summed E-state index contributed by atoms with van der Waals surface area (Å²) in [7, 11) is 1.68. The van der Waals surface area contributed by atoms with Crippen LogP contribution in [0.2, 0.25) is 0 Å². The van der Waals surface area contributed by atoms with Gasteiger partial charge in [-0.05, 0) is 31.5 Å². The molecule has 9 nitrogen and oxygen atoms in total. The van der Waals surface area contributed by atoms with Crippen LogP contribution in [0.25, 0.3) is 0 Å². The van der Waals surface area contributed by atoms with E-state index in [1.807, 2.05) is 13.8 Å². The number of anilines is 2. The number of allylic oxidation sites excluding steroid dienone is 1. The van der Waals surface area contributed by atoms with Gasteiger partial charge in [-0.2, -0.15) is 13.8 Å². The summed E-state index contributed by atoms with van der Waals surface area (Å²) in [6.07, 6.45) is 3.51. The molecular formula is C21H26F3N7O2. The number of carbonyl (C=O) groups excluding carboxylic acids is 1. The molecular weight excluding hydrogens is 439 g/mol. The van der Waals surface area contributed by atoms with Gasteiger partial charge in [0.05, 0.1) is 11.9 Å². The Labute approximate surface area is 189 Å². The molecule has 0 radical (unpaired) electrons. The standard InChI is InChI=1S/C21H26F3N7O2/c1-13(2)31(3)18(32)12-26-10-15(8-25)29-21-28-11-17(22)19(30-21)27-9-14-5-4-6-16(7-14)33-20(23)24/h4-8,10-11,13,20H,9,12,25H2,1-3H3,(H2,27,28,29,30). The quantitative estimate of drug-likeness (QED) is 0.437. The lowest BCUT2D eigenvalue weighted by atomic mass is 10.2. The Bertz CT molecular complexity index is 1000. The van der Waals surface area contributed by atoms with Crippen molar-refractivity contribution < 1.29 is 22.7 Å². The Morgan fingerprint density at radius 3 is 2.79 bits per heavy atom. The van der Waals surface area contributed by atoms with Crippen LogP contribution in [0.15, 0.2) is 47.4 Å². The third-order valence-electron chi connectivity index (χ3n) is 4.39. The van der Waals surface area contributed by atoms with Crippen molar-refractivity contribution in [1.82, 2.24) is 14.9 Å². The van der Waals surface area contributed by atoms with E-state index in [4.69, 9.17) is 5.73 Å². The van der Waals surface area contributed by atoms with Crippen LogP contribution >= 0.6 is 0 Å². The van der Waals surface area contributed by atoms with Crippen LogP contribution in [0.5, 0.6) is 5.75 Å². The molecule has 2 aromatic rings. The number of rotatable bonds is 11. The van der Waals surface area contributed by atoms with E-state index in [0.717, 1.165) is 6.20 Å². The van der Waals surface area contributed by atoms with Gasteiger partial charge in [0.2, 0.25) is 11.9 Å². The Morgan fingerprint density at radius 2 is 2.12 bits per heavy atom. The Kier molecular flexibility index (Phi) is 9.45. The molecule has 0 bridgehead atoms. The van der Waals surface area contributed by atoms with Gasteiger partial charge in [0.15, 0.2) is 11.6 Å². The second-order valence-corrected chi connectivity index (χ2v) is 7.08. The average Bonchev–Trinajstić information content (AvgIpc) is 2.77. The van der Waals surface area contributed by atoms with Crippen LogP contribution in [-0.4, -0.2) is 53.2 Å². The lowest BCUT2D eigenvalue weighted by molar-refractivity contribution is -0.129. The molecule has 0 saturated heterocycles. The van der Waals surface area contributed by atoms with E-state index in [1.54, 1.807) is 24.1 Å². The van der Waals surface area contributed by atoms with Crippen LogP contribution in [0, 0.1) is 5.82 Å². The number of likely N-dealkylation sites (N-methyl/N-ethyl adjacent to an activating group) is 1. The maximum atomic E-state index is 14.1. The van der Waals surface area contributed by atoms with Gasteiger partial charge >= 0.3 is 6.61 Å². The highest BCUT2D eigenvalue weighted by Gasteiger charge is 2.11. The first-order valence-electron chi connectivity index (χ1n) is 9.94. The molecule has 0 aliphatic heterocycles. The second-order valence-electron chi connectivity index (χ2n) is 7.08. The fourth-order valence-electron chi connectivity index (χ4n) is 2.44. The summed E-state index contributed by atoms with van der Waals surface area (Å²) in [6.45, 7) is 0.864. The fraction of sp³-hybridized carbons (Fsp3) is 0.333. The number of halogens is 3.